The van der Waals surface area contributed by atoms with E-state index in [4.69, 9.17) is 0 Å². The van der Waals surface area contributed by atoms with E-state index in [1.165, 1.54) is 24.3 Å². The third kappa shape index (κ3) is 4.04. The van der Waals surface area contributed by atoms with Crippen LogP contribution in [0, 0.1) is 5.82 Å². The van der Waals surface area contributed by atoms with Crippen molar-refractivity contribution in [1.82, 2.24) is 0 Å². The highest BCUT2D eigenvalue weighted by Crippen LogP contribution is 2.39. The van der Waals surface area contributed by atoms with Gasteiger partial charge in [0.05, 0.1) is 16.2 Å². The van der Waals surface area contributed by atoms with Crippen LogP contribution >= 0.6 is 11.8 Å². The molecule has 2 aromatic rings. The largest absolute Gasteiger partial charge is 0.573 e. The maximum atomic E-state index is 13.2. The van der Waals surface area contributed by atoms with Gasteiger partial charge >= 0.3 is 6.36 Å². The normalized spacial score (nSPS) is 14.8. The Hall–Kier alpha value is -2.81. The van der Waals surface area contributed by atoms with Gasteiger partial charge in [0.1, 0.15) is 11.6 Å². The molecular formula is C19H13F4NO3S. The molecule has 0 fully saturated rings. The summed E-state index contributed by atoms with van der Waals surface area (Å²) in [6.45, 7) is 1.79. The van der Waals surface area contributed by atoms with Gasteiger partial charge in [0.15, 0.2) is 0 Å². The Balaban J connectivity index is 2.02. The lowest BCUT2D eigenvalue weighted by atomic mass is 10.1. The quantitative estimate of drug-likeness (QED) is 0.526. The van der Waals surface area contributed by atoms with Crippen molar-refractivity contribution < 1.29 is 31.9 Å². The van der Waals surface area contributed by atoms with Crippen LogP contribution in [-0.4, -0.2) is 23.9 Å². The second-order valence-electron chi connectivity index (χ2n) is 5.63. The maximum Gasteiger partial charge on any atom is 0.573 e. The molecule has 0 bridgehead atoms. The van der Waals surface area contributed by atoms with Gasteiger partial charge in [-0.25, -0.2) is 9.29 Å². The number of nitrogens with zero attached hydrogens (tertiary/aromatic N) is 1. The predicted molar refractivity (Wildman–Crippen MR) is 97.1 cm³/mol. The summed E-state index contributed by atoms with van der Waals surface area (Å²) in [4.78, 5) is 26.7. The summed E-state index contributed by atoms with van der Waals surface area (Å²) >= 11 is 1.13. The Morgan fingerprint density at radius 2 is 1.71 bits per heavy atom. The van der Waals surface area contributed by atoms with Gasteiger partial charge in [-0.1, -0.05) is 25.1 Å². The smallest absolute Gasteiger partial charge is 0.406 e. The van der Waals surface area contributed by atoms with Crippen molar-refractivity contribution in [2.24, 2.45) is 0 Å². The number of alkyl halides is 3. The summed E-state index contributed by atoms with van der Waals surface area (Å²) in [6.07, 6.45) is -4.90. The zero-order chi connectivity index (χ0) is 20.5. The van der Waals surface area contributed by atoms with Crippen molar-refractivity contribution in [3.8, 4) is 5.75 Å². The van der Waals surface area contributed by atoms with E-state index in [2.05, 4.69) is 4.74 Å². The number of anilines is 1. The first-order valence-corrected chi connectivity index (χ1v) is 9.07. The number of imide groups is 1. The Kier molecular flexibility index (Phi) is 5.46. The van der Waals surface area contributed by atoms with E-state index in [9.17, 15) is 27.2 Å². The predicted octanol–water partition coefficient (Wildman–Crippen LogP) is 4.76. The van der Waals surface area contributed by atoms with E-state index in [0.717, 1.165) is 40.9 Å². The highest BCUT2D eigenvalue weighted by Gasteiger charge is 2.40. The average Bonchev–Trinajstić information content (AvgIpc) is 2.85. The number of hydrogen-bond donors (Lipinski definition) is 0. The summed E-state index contributed by atoms with van der Waals surface area (Å²) in [7, 11) is 0. The molecule has 0 aromatic heterocycles. The molecule has 1 heterocycles. The minimum absolute atomic E-state index is 0.0527. The molecule has 0 spiro atoms. The molecule has 9 heteroatoms. The molecule has 1 aliphatic rings. The van der Waals surface area contributed by atoms with Crippen LogP contribution in [0.3, 0.4) is 0 Å². The van der Waals surface area contributed by atoms with Crippen LogP contribution in [0.2, 0.25) is 0 Å². The summed E-state index contributed by atoms with van der Waals surface area (Å²) in [5.41, 5.74) is 0.378. The second kappa shape index (κ2) is 7.67. The van der Waals surface area contributed by atoms with Crippen LogP contribution in [-0.2, 0) is 9.59 Å². The van der Waals surface area contributed by atoms with Crippen LogP contribution in [0.5, 0.6) is 5.75 Å². The number of carbonyl (C=O) groups excluding carboxylic acids is 2. The number of hydrogen-bond acceptors (Lipinski definition) is 4. The van der Waals surface area contributed by atoms with Gasteiger partial charge in [-0.05, 0) is 35.6 Å². The first-order valence-electron chi connectivity index (χ1n) is 8.09. The summed E-state index contributed by atoms with van der Waals surface area (Å²) in [6, 6.07) is 9.69. The van der Waals surface area contributed by atoms with E-state index < -0.39 is 29.7 Å². The summed E-state index contributed by atoms with van der Waals surface area (Å²) in [5, 5.41) is 0. The minimum atomic E-state index is -4.90. The molecule has 0 saturated heterocycles. The van der Waals surface area contributed by atoms with E-state index in [-0.39, 0.29) is 16.2 Å². The molecule has 4 nitrogen and oxygen atoms in total. The van der Waals surface area contributed by atoms with E-state index in [0.29, 0.717) is 11.3 Å². The number of amides is 2. The highest BCUT2D eigenvalue weighted by atomic mass is 32.2. The minimum Gasteiger partial charge on any atom is -0.406 e. The number of halogens is 4. The topological polar surface area (TPSA) is 46.6 Å². The van der Waals surface area contributed by atoms with E-state index in [1.54, 1.807) is 6.92 Å². The zero-order valence-corrected chi connectivity index (χ0v) is 15.2. The van der Waals surface area contributed by atoms with Crippen LogP contribution < -0.4 is 9.64 Å². The van der Waals surface area contributed by atoms with Crippen molar-refractivity contribution in [1.29, 1.82) is 0 Å². The molecule has 0 saturated carbocycles. The van der Waals surface area contributed by atoms with Gasteiger partial charge in [-0.2, -0.15) is 0 Å². The number of carbonyl (C=O) groups is 2. The molecule has 2 amide bonds. The van der Waals surface area contributed by atoms with E-state index >= 15 is 0 Å². The first kappa shape index (κ1) is 19.9. The lowest BCUT2D eigenvalue weighted by molar-refractivity contribution is -0.274. The molecule has 0 atom stereocenters. The number of rotatable bonds is 5. The average molecular weight is 411 g/mol. The lowest BCUT2D eigenvalue weighted by Gasteiger charge is -2.17. The third-order valence-electron chi connectivity index (χ3n) is 3.77. The Morgan fingerprint density at radius 1 is 1.04 bits per heavy atom. The fourth-order valence-corrected chi connectivity index (χ4v) is 3.57. The Labute approximate surface area is 161 Å². The van der Waals surface area contributed by atoms with Crippen molar-refractivity contribution in [3.63, 3.8) is 0 Å². The summed E-state index contributed by atoms with van der Waals surface area (Å²) in [5.74, 6) is -1.91. The van der Waals surface area contributed by atoms with Gasteiger partial charge in [-0.3, -0.25) is 9.59 Å². The maximum absolute atomic E-state index is 13.2. The van der Waals surface area contributed by atoms with Gasteiger partial charge in [0.2, 0.25) is 0 Å². The van der Waals surface area contributed by atoms with Crippen LogP contribution in [0.4, 0.5) is 23.2 Å². The Morgan fingerprint density at radius 3 is 2.32 bits per heavy atom. The number of thioether (sulfide) groups is 1. The number of ether oxygens (including phenoxy) is 1. The van der Waals surface area contributed by atoms with Gasteiger partial charge in [-0.15, -0.1) is 24.9 Å². The molecule has 3 rings (SSSR count). The summed E-state index contributed by atoms with van der Waals surface area (Å²) < 4.78 is 54.5. The van der Waals surface area contributed by atoms with Crippen molar-refractivity contribution >= 4 is 34.8 Å². The Bertz CT molecular complexity index is 954. The number of benzene rings is 2. The first-order chi connectivity index (χ1) is 13.2. The standard InChI is InChI=1S/C19H13F4NO3S/c1-2-28-16-15(11-6-8-12(20)9-7-11)17(25)24(18(16)26)13-4-3-5-14(10-13)27-19(21,22)23/h3-10H,2H2,1H3. The van der Waals surface area contributed by atoms with Gasteiger partial charge in [0, 0.05) is 6.07 Å². The fraction of sp³-hybridized carbons (Fsp3) is 0.158. The zero-order valence-electron chi connectivity index (χ0n) is 14.4. The molecule has 28 heavy (non-hydrogen) atoms. The van der Waals surface area contributed by atoms with Crippen LogP contribution in [0.1, 0.15) is 12.5 Å². The molecule has 0 unspecified atom stereocenters. The van der Waals surface area contributed by atoms with Gasteiger partial charge in [0.25, 0.3) is 11.8 Å². The molecule has 146 valence electrons. The van der Waals surface area contributed by atoms with Crippen molar-refractivity contribution in [3.05, 3.63) is 64.8 Å². The molecule has 0 N–H and O–H groups in total. The van der Waals surface area contributed by atoms with Crippen LogP contribution in [0.25, 0.3) is 5.57 Å². The third-order valence-corrected chi connectivity index (χ3v) is 4.73. The van der Waals surface area contributed by atoms with Crippen molar-refractivity contribution in [2.75, 3.05) is 10.7 Å². The molecule has 0 aliphatic carbocycles. The molecular weight excluding hydrogens is 398 g/mol. The van der Waals surface area contributed by atoms with Gasteiger partial charge < -0.3 is 4.74 Å². The fourth-order valence-electron chi connectivity index (χ4n) is 2.71. The molecule has 1 aliphatic heterocycles. The highest BCUT2D eigenvalue weighted by molar-refractivity contribution is 8.04. The monoisotopic (exact) mass is 411 g/mol. The van der Waals surface area contributed by atoms with E-state index in [1.807, 2.05) is 0 Å². The molecule has 2 aromatic carbocycles. The molecule has 0 radical (unpaired) electrons. The van der Waals surface area contributed by atoms with Crippen molar-refractivity contribution in [2.45, 2.75) is 13.3 Å². The SMILES string of the molecule is CCSC1=C(c2ccc(F)cc2)C(=O)N(c2cccc(OC(F)(F)F)c2)C1=O. The second-order valence-corrected chi connectivity index (χ2v) is 6.91. The lowest BCUT2D eigenvalue weighted by Crippen LogP contribution is -2.31. The van der Waals surface area contributed by atoms with Crippen LogP contribution in [0.15, 0.2) is 53.4 Å².